The summed E-state index contributed by atoms with van der Waals surface area (Å²) in [5.74, 6) is -0.945. The van der Waals surface area contributed by atoms with Crippen molar-refractivity contribution < 1.29 is 19.0 Å². The van der Waals surface area contributed by atoms with Crippen molar-refractivity contribution in [1.82, 2.24) is 0 Å². The normalized spacial score (nSPS) is 9.77. The van der Waals surface area contributed by atoms with E-state index in [-0.39, 0.29) is 17.9 Å². The summed E-state index contributed by atoms with van der Waals surface area (Å²) in [5, 5.41) is 8.64. The van der Waals surface area contributed by atoms with E-state index in [9.17, 15) is 9.18 Å². The summed E-state index contributed by atoms with van der Waals surface area (Å²) in [4.78, 5) is 10.5. The molecule has 0 aliphatic rings. The number of aliphatic hydroxyl groups is 1. The van der Waals surface area contributed by atoms with E-state index in [0.29, 0.717) is 0 Å². The number of benzene rings is 1. The Kier molecular flexibility index (Phi) is 2.97. The number of hydrogen-bond acceptors (Lipinski definition) is 3. The topological polar surface area (TPSA) is 46.5 Å². The minimum atomic E-state index is -0.582. The van der Waals surface area contributed by atoms with Gasteiger partial charge < -0.3 is 9.84 Å². The number of hydrogen-bond donors (Lipinski definition) is 1. The van der Waals surface area contributed by atoms with Gasteiger partial charge >= 0.3 is 5.97 Å². The number of halogens is 1. The Bertz CT molecular complexity index is 323. The lowest BCUT2D eigenvalue weighted by Gasteiger charge is -2.03. The second-order valence-corrected chi connectivity index (χ2v) is 2.50. The molecule has 0 saturated carbocycles. The summed E-state index contributed by atoms with van der Waals surface area (Å²) in [6, 6.07) is 3.86. The summed E-state index contributed by atoms with van der Waals surface area (Å²) < 4.78 is 17.6. The number of esters is 1. The molecule has 1 N–H and O–H groups in total. The van der Waals surface area contributed by atoms with Crippen LogP contribution >= 0.6 is 0 Å². The summed E-state index contributed by atoms with van der Waals surface area (Å²) in [6.45, 7) is 0.865. The zero-order valence-electron chi connectivity index (χ0n) is 7.08. The first kappa shape index (κ1) is 9.67. The number of carbonyl (C=O) groups excluding carboxylic acids is 1. The van der Waals surface area contributed by atoms with Gasteiger partial charge in [-0.2, -0.15) is 0 Å². The fraction of sp³-hybridized carbons (Fsp3) is 0.222. The van der Waals surface area contributed by atoms with E-state index in [2.05, 4.69) is 4.74 Å². The van der Waals surface area contributed by atoms with Gasteiger partial charge in [0.25, 0.3) is 0 Å². The third-order valence-electron chi connectivity index (χ3n) is 1.46. The highest BCUT2D eigenvalue weighted by Crippen LogP contribution is 2.16. The maximum absolute atomic E-state index is 12.9. The maximum Gasteiger partial charge on any atom is 0.308 e. The molecule has 0 aliphatic heterocycles. The lowest BCUT2D eigenvalue weighted by Crippen LogP contribution is -2.02. The Morgan fingerprint density at radius 2 is 2.31 bits per heavy atom. The summed E-state index contributed by atoms with van der Waals surface area (Å²) in [7, 11) is 0. The monoisotopic (exact) mass is 184 g/mol. The fourth-order valence-electron chi connectivity index (χ4n) is 0.886. The van der Waals surface area contributed by atoms with Crippen molar-refractivity contribution in [3.8, 4) is 5.75 Å². The van der Waals surface area contributed by atoms with E-state index in [1.807, 2.05) is 0 Å². The van der Waals surface area contributed by atoms with Crippen molar-refractivity contribution in [2.45, 2.75) is 13.5 Å². The van der Waals surface area contributed by atoms with Gasteiger partial charge in [-0.05, 0) is 6.07 Å². The van der Waals surface area contributed by atoms with Gasteiger partial charge in [0.05, 0.1) is 6.61 Å². The van der Waals surface area contributed by atoms with E-state index in [0.717, 1.165) is 6.07 Å². The number of carbonyl (C=O) groups is 1. The molecule has 1 rings (SSSR count). The molecule has 0 unspecified atom stereocenters. The molecule has 0 amide bonds. The highest BCUT2D eigenvalue weighted by Gasteiger charge is 2.04. The first-order valence-electron chi connectivity index (χ1n) is 3.71. The van der Waals surface area contributed by atoms with Gasteiger partial charge in [0, 0.05) is 18.6 Å². The van der Waals surface area contributed by atoms with Gasteiger partial charge in [0.15, 0.2) is 0 Å². The molecule has 0 atom stereocenters. The third-order valence-corrected chi connectivity index (χ3v) is 1.46. The molecule has 0 aromatic heterocycles. The predicted octanol–water partition coefficient (Wildman–Crippen LogP) is 1.24. The molecule has 0 saturated heterocycles. The van der Waals surface area contributed by atoms with Gasteiger partial charge in [0.2, 0.25) is 0 Å². The summed E-state index contributed by atoms with van der Waals surface area (Å²) >= 11 is 0. The third kappa shape index (κ3) is 2.52. The van der Waals surface area contributed by atoms with Crippen LogP contribution in [-0.2, 0) is 11.4 Å². The molecule has 4 heteroatoms. The van der Waals surface area contributed by atoms with Crippen molar-refractivity contribution in [2.24, 2.45) is 0 Å². The Hall–Kier alpha value is -1.42. The van der Waals surface area contributed by atoms with E-state index >= 15 is 0 Å². The molecule has 0 heterocycles. The molecule has 1 aromatic rings. The minimum Gasteiger partial charge on any atom is -0.427 e. The highest BCUT2D eigenvalue weighted by atomic mass is 19.1. The Balaban J connectivity index is 2.89. The van der Waals surface area contributed by atoms with E-state index in [4.69, 9.17) is 5.11 Å². The lowest BCUT2D eigenvalue weighted by atomic mass is 10.2. The first-order valence-corrected chi connectivity index (χ1v) is 3.71. The van der Waals surface area contributed by atoms with Crippen LogP contribution in [0.25, 0.3) is 0 Å². The van der Waals surface area contributed by atoms with Crippen LogP contribution in [0.15, 0.2) is 18.2 Å². The van der Waals surface area contributed by atoms with Gasteiger partial charge in [-0.15, -0.1) is 0 Å². The molecule has 70 valence electrons. The summed E-state index contributed by atoms with van der Waals surface area (Å²) in [5.41, 5.74) is 0.177. The van der Waals surface area contributed by atoms with Gasteiger partial charge in [0.1, 0.15) is 11.6 Å². The zero-order valence-corrected chi connectivity index (χ0v) is 7.08. The van der Waals surface area contributed by atoms with Crippen LogP contribution < -0.4 is 4.74 Å². The molecular weight excluding hydrogens is 175 g/mol. The van der Waals surface area contributed by atoms with Crippen LogP contribution in [0.3, 0.4) is 0 Å². The van der Waals surface area contributed by atoms with Crippen molar-refractivity contribution in [2.75, 3.05) is 0 Å². The highest BCUT2D eigenvalue weighted by molar-refractivity contribution is 5.69. The molecule has 0 bridgehead atoms. The van der Waals surface area contributed by atoms with Crippen LogP contribution in [0.4, 0.5) is 4.39 Å². The van der Waals surface area contributed by atoms with Crippen molar-refractivity contribution >= 4 is 5.97 Å². The molecule has 0 spiro atoms. The Labute approximate surface area is 74.8 Å². The van der Waals surface area contributed by atoms with Crippen LogP contribution in [0, 0.1) is 5.82 Å². The second kappa shape index (κ2) is 4.00. The van der Waals surface area contributed by atoms with Crippen LogP contribution in [0.5, 0.6) is 5.75 Å². The van der Waals surface area contributed by atoms with Crippen LogP contribution in [-0.4, -0.2) is 11.1 Å². The van der Waals surface area contributed by atoms with E-state index in [1.54, 1.807) is 0 Å². The molecule has 13 heavy (non-hydrogen) atoms. The molecule has 3 nitrogen and oxygen atoms in total. The minimum absolute atomic E-state index is 0.141. The number of aliphatic hydroxyl groups excluding tert-OH is 1. The largest absolute Gasteiger partial charge is 0.427 e. The SMILES string of the molecule is CC(=O)Oc1ccc(CO)c(F)c1. The second-order valence-electron chi connectivity index (χ2n) is 2.50. The summed E-state index contributed by atoms with van der Waals surface area (Å²) in [6.07, 6.45) is 0. The molecule has 0 fully saturated rings. The average Bonchev–Trinajstić information content (AvgIpc) is 2.03. The molecular formula is C9H9FO3. The maximum atomic E-state index is 12.9. The molecule has 0 radical (unpaired) electrons. The van der Waals surface area contributed by atoms with Gasteiger partial charge in [-0.3, -0.25) is 4.79 Å². The fourth-order valence-corrected chi connectivity index (χ4v) is 0.886. The van der Waals surface area contributed by atoms with Crippen molar-refractivity contribution in [1.29, 1.82) is 0 Å². The predicted molar refractivity (Wildman–Crippen MR) is 43.6 cm³/mol. The number of ether oxygens (including phenoxy) is 1. The quantitative estimate of drug-likeness (QED) is 0.555. The van der Waals surface area contributed by atoms with E-state index < -0.39 is 11.8 Å². The lowest BCUT2D eigenvalue weighted by molar-refractivity contribution is -0.131. The van der Waals surface area contributed by atoms with Crippen molar-refractivity contribution in [3.05, 3.63) is 29.6 Å². The molecule has 1 aromatic carbocycles. The number of rotatable bonds is 2. The van der Waals surface area contributed by atoms with Gasteiger partial charge in [-0.1, -0.05) is 6.07 Å². The van der Waals surface area contributed by atoms with Crippen molar-refractivity contribution in [3.63, 3.8) is 0 Å². The van der Waals surface area contributed by atoms with Gasteiger partial charge in [-0.25, -0.2) is 4.39 Å². The Morgan fingerprint density at radius 3 is 2.77 bits per heavy atom. The molecule has 0 aliphatic carbocycles. The van der Waals surface area contributed by atoms with E-state index in [1.165, 1.54) is 19.1 Å². The Morgan fingerprint density at radius 1 is 1.62 bits per heavy atom. The average molecular weight is 184 g/mol. The standard InChI is InChI=1S/C9H9FO3/c1-6(12)13-8-3-2-7(5-11)9(10)4-8/h2-4,11H,5H2,1H3. The zero-order chi connectivity index (χ0) is 9.84. The smallest absolute Gasteiger partial charge is 0.308 e. The van der Waals surface area contributed by atoms with Crippen LogP contribution in [0.2, 0.25) is 0 Å². The van der Waals surface area contributed by atoms with Crippen LogP contribution in [0.1, 0.15) is 12.5 Å². The first-order chi connectivity index (χ1) is 6.13.